The Morgan fingerprint density at radius 1 is 1.22 bits per heavy atom. The third-order valence-corrected chi connectivity index (χ3v) is 3.90. The first-order valence-corrected chi connectivity index (χ1v) is 8.08. The molecule has 0 saturated carbocycles. The molecule has 23 heavy (non-hydrogen) atoms. The first kappa shape index (κ1) is 17.3. The van der Waals surface area contributed by atoms with E-state index in [0.29, 0.717) is 13.1 Å². The number of amides is 2. The summed E-state index contributed by atoms with van der Waals surface area (Å²) < 4.78 is 5.41. The van der Waals surface area contributed by atoms with Gasteiger partial charge in [-0.25, -0.2) is 4.79 Å². The van der Waals surface area contributed by atoms with Crippen LogP contribution in [0.25, 0.3) is 0 Å². The maximum atomic E-state index is 12.7. The molecule has 5 heteroatoms. The van der Waals surface area contributed by atoms with Crippen LogP contribution >= 0.6 is 0 Å². The van der Waals surface area contributed by atoms with Crippen molar-refractivity contribution in [2.45, 2.75) is 39.2 Å². The minimum Gasteiger partial charge on any atom is -0.444 e. The van der Waals surface area contributed by atoms with E-state index >= 15 is 0 Å². The molecule has 1 aromatic rings. The Morgan fingerprint density at radius 3 is 2.48 bits per heavy atom. The van der Waals surface area contributed by atoms with Gasteiger partial charge in [0.2, 0.25) is 5.91 Å². The highest BCUT2D eigenvalue weighted by Gasteiger charge is 2.32. The van der Waals surface area contributed by atoms with Crippen molar-refractivity contribution in [3.8, 4) is 0 Å². The van der Waals surface area contributed by atoms with Gasteiger partial charge in [-0.1, -0.05) is 18.2 Å². The van der Waals surface area contributed by atoms with Crippen molar-refractivity contribution in [1.82, 2.24) is 4.90 Å². The molecule has 1 saturated heterocycles. The van der Waals surface area contributed by atoms with E-state index in [-0.39, 0.29) is 17.9 Å². The number of benzene rings is 1. The van der Waals surface area contributed by atoms with Crippen molar-refractivity contribution in [3.05, 3.63) is 30.3 Å². The van der Waals surface area contributed by atoms with Crippen molar-refractivity contribution in [2.24, 2.45) is 5.92 Å². The molecule has 2 amide bonds. The molecule has 1 fully saturated rings. The van der Waals surface area contributed by atoms with Crippen LogP contribution in [0.15, 0.2) is 30.3 Å². The number of piperidine rings is 1. The van der Waals surface area contributed by atoms with E-state index in [2.05, 4.69) is 0 Å². The average molecular weight is 318 g/mol. The summed E-state index contributed by atoms with van der Waals surface area (Å²) in [4.78, 5) is 28.2. The van der Waals surface area contributed by atoms with Gasteiger partial charge >= 0.3 is 6.09 Å². The minimum atomic E-state index is -0.519. The fourth-order valence-electron chi connectivity index (χ4n) is 2.72. The van der Waals surface area contributed by atoms with Crippen LogP contribution in [0.2, 0.25) is 0 Å². The number of para-hydroxylation sites is 1. The molecule has 5 nitrogen and oxygen atoms in total. The van der Waals surface area contributed by atoms with Gasteiger partial charge < -0.3 is 14.5 Å². The Morgan fingerprint density at radius 2 is 1.87 bits per heavy atom. The highest BCUT2D eigenvalue weighted by molar-refractivity contribution is 5.94. The second kappa shape index (κ2) is 7.02. The smallest absolute Gasteiger partial charge is 0.410 e. The summed E-state index contributed by atoms with van der Waals surface area (Å²) in [5.41, 5.74) is 0.349. The van der Waals surface area contributed by atoms with Crippen LogP contribution in [0.3, 0.4) is 0 Å². The standard InChI is InChI=1S/C18H26N2O3/c1-18(2,3)23-17(22)20-12-8-9-14(13-20)16(21)19(4)15-10-6-5-7-11-15/h5-7,10-11,14H,8-9,12-13H2,1-4H3/t14-/m0/s1. The number of rotatable bonds is 2. The fraction of sp³-hybridized carbons (Fsp3) is 0.556. The number of carbonyl (C=O) groups excluding carboxylic acids is 2. The van der Waals surface area contributed by atoms with Crippen molar-refractivity contribution in [1.29, 1.82) is 0 Å². The summed E-state index contributed by atoms with van der Waals surface area (Å²) in [6, 6.07) is 9.56. The summed E-state index contributed by atoms with van der Waals surface area (Å²) in [5, 5.41) is 0. The maximum absolute atomic E-state index is 12.7. The van der Waals surface area contributed by atoms with Crippen molar-refractivity contribution in [3.63, 3.8) is 0 Å². The zero-order valence-corrected chi connectivity index (χ0v) is 14.4. The van der Waals surface area contributed by atoms with Gasteiger partial charge in [0.15, 0.2) is 0 Å². The Balaban J connectivity index is 2.00. The lowest BCUT2D eigenvalue weighted by Crippen LogP contribution is -2.47. The molecule has 0 aliphatic carbocycles. The number of hydrogen-bond donors (Lipinski definition) is 0. The monoisotopic (exact) mass is 318 g/mol. The van der Waals surface area contributed by atoms with Crippen LogP contribution in [0.4, 0.5) is 10.5 Å². The molecule has 1 heterocycles. The topological polar surface area (TPSA) is 49.9 Å². The van der Waals surface area contributed by atoms with Gasteiger partial charge in [0, 0.05) is 25.8 Å². The predicted molar refractivity (Wildman–Crippen MR) is 90.4 cm³/mol. The van der Waals surface area contributed by atoms with Crippen molar-refractivity contribution < 1.29 is 14.3 Å². The third kappa shape index (κ3) is 4.71. The van der Waals surface area contributed by atoms with E-state index in [4.69, 9.17) is 4.74 Å². The average Bonchev–Trinajstić information content (AvgIpc) is 2.53. The number of hydrogen-bond acceptors (Lipinski definition) is 3. The Bertz CT molecular complexity index is 551. The van der Waals surface area contributed by atoms with Crippen LogP contribution in [0, 0.1) is 5.92 Å². The molecule has 0 N–H and O–H groups in total. The molecule has 0 unspecified atom stereocenters. The fourth-order valence-corrected chi connectivity index (χ4v) is 2.72. The summed E-state index contributed by atoms with van der Waals surface area (Å²) in [6.45, 7) is 6.61. The molecule has 1 aliphatic rings. The van der Waals surface area contributed by atoms with Crippen molar-refractivity contribution >= 4 is 17.7 Å². The molecule has 0 bridgehead atoms. The number of nitrogens with zero attached hydrogens (tertiary/aromatic N) is 2. The normalized spacial score (nSPS) is 18.4. The number of carbonyl (C=O) groups is 2. The highest BCUT2D eigenvalue weighted by Crippen LogP contribution is 2.23. The van der Waals surface area contributed by atoms with Gasteiger partial charge in [-0.05, 0) is 45.7 Å². The molecule has 0 aromatic heterocycles. The molecule has 0 spiro atoms. The largest absolute Gasteiger partial charge is 0.444 e. The van der Waals surface area contributed by atoms with Crippen LogP contribution in [-0.4, -0.2) is 42.6 Å². The van der Waals surface area contributed by atoms with Crippen LogP contribution in [0.1, 0.15) is 33.6 Å². The van der Waals surface area contributed by atoms with Crippen LogP contribution in [0.5, 0.6) is 0 Å². The summed E-state index contributed by atoms with van der Waals surface area (Å²) in [5.74, 6) is -0.133. The lowest BCUT2D eigenvalue weighted by atomic mass is 9.96. The third-order valence-electron chi connectivity index (χ3n) is 3.90. The molecular weight excluding hydrogens is 292 g/mol. The van der Waals surface area contributed by atoms with Crippen LogP contribution in [-0.2, 0) is 9.53 Å². The summed E-state index contributed by atoms with van der Waals surface area (Å²) >= 11 is 0. The molecule has 1 atom stereocenters. The van der Waals surface area contributed by atoms with Gasteiger partial charge in [0.1, 0.15) is 5.60 Å². The minimum absolute atomic E-state index is 0.0458. The Kier molecular flexibility index (Phi) is 5.29. The van der Waals surface area contributed by atoms with E-state index in [1.165, 1.54) is 0 Å². The first-order valence-electron chi connectivity index (χ1n) is 8.08. The van der Waals surface area contributed by atoms with Gasteiger partial charge in [-0.3, -0.25) is 4.79 Å². The quantitative estimate of drug-likeness (QED) is 0.840. The number of likely N-dealkylation sites (tertiary alicyclic amines) is 1. The Hall–Kier alpha value is -2.04. The van der Waals surface area contributed by atoms with Gasteiger partial charge in [0.25, 0.3) is 0 Å². The van der Waals surface area contributed by atoms with Gasteiger partial charge in [-0.2, -0.15) is 0 Å². The maximum Gasteiger partial charge on any atom is 0.410 e. The zero-order chi connectivity index (χ0) is 17.0. The van der Waals surface area contributed by atoms with E-state index in [9.17, 15) is 9.59 Å². The molecule has 0 radical (unpaired) electrons. The lowest BCUT2D eigenvalue weighted by Gasteiger charge is -2.35. The van der Waals surface area contributed by atoms with Gasteiger partial charge in [-0.15, -0.1) is 0 Å². The lowest BCUT2D eigenvalue weighted by molar-refractivity contribution is -0.123. The molecule has 1 aromatic carbocycles. The molecule has 126 valence electrons. The van der Waals surface area contributed by atoms with Crippen molar-refractivity contribution in [2.75, 3.05) is 25.0 Å². The SMILES string of the molecule is CN(C(=O)[C@H]1CCCN(C(=O)OC(C)(C)C)C1)c1ccccc1. The molecule has 2 rings (SSSR count). The van der Waals surface area contributed by atoms with E-state index in [1.54, 1.807) is 16.8 Å². The molecular formula is C18H26N2O3. The molecule has 1 aliphatic heterocycles. The number of anilines is 1. The Labute approximate surface area is 138 Å². The summed E-state index contributed by atoms with van der Waals surface area (Å²) in [6.07, 6.45) is 1.28. The van der Waals surface area contributed by atoms with E-state index < -0.39 is 5.60 Å². The second-order valence-corrected chi connectivity index (χ2v) is 7.00. The van der Waals surface area contributed by atoms with Gasteiger partial charge in [0.05, 0.1) is 5.92 Å². The zero-order valence-electron chi connectivity index (χ0n) is 14.4. The summed E-state index contributed by atoms with van der Waals surface area (Å²) in [7, 11) is 1.78. The van der Waals surface area contributed by atoms with Crippen LogP contribution < -0.4 is 4.90 Å². The first-order chi connectivity index (χ1) is 10.8. The highest BCUT2D eigenvalue weighted by atomic mass is 16.6. The number of ether oxygens (including phenoxy) is 1. The second-order valence-electron chi connectivity index (χ2n) is 7.00. The van der Waals surface area contributed by atoms with E-state index in [1.807, 2.05) is 51.1 Å². The predicted octanol–water partition coefficient (Wildman–Crippen LogP) is 3.30. The van der Waals surface area contributed by atoms with E-state index in [0.717, 1.165) is 18.5 Å².